The van der Waals surface area contributed by atoms with Gasteiger partial charge in [0.25, 0.3) is 0 Å². The van der Waals surface area contributed by atoms with E-state index in [1.807, 2.05) is 0 Å². The lowest BCUT2D eigenvalue weighted by molar-refractivity contribution is -0.147. The maximum absolute atomic E-state index is 11.5. The number of esters is 1. The summed E-state index contributed by atoms with van der Waals surface area (Å²) in [5.74, 6) is 0.640. The molecule has 0 radical (unpaired) electrons. The number of carbonyl (C=O) groups excluding carboxylic acids is 1. The molecule has 0 aliphatic heterocycles. The molecule has 4 heteroatoms. The number of carbonyl (C=O) groups is 1. The summed E-state index contributed by atoms with van der Waals surface area (Å²) in [5.41, 5.74) is -0.0411. The van der Waals surface area contributed by atoms with Gasteiger partial charge in [-0.15, -0.1) is 0 Å². The fraction of sp³-hybridized carbons (Fsp3) is 0.933. The van der Waals surface area contributed by atoms with Gasteiger partial charge in [-0.2, -0.15) is 0 Å². The third-order valence-corrected chi connectivity index (χ3v) is 5.88. The Morgan fingerprint density at radius 2 is 1.58 bits per heavy atom. The predicted molar refractivity (Wildman–Crippen MR) is 80.9 cm³/mol. The molecular formula is C15H30O3Si. The van der Waals surface area contributed by atoms with Crippen molar-refractivity contribution in [2.45, 2.75) is 70.9 Å². The minimum atomic E-state index is -0.524. The van der Waals surface area contributed by atoms with Crippen LogP contribution in [-0.4, -0.2) is 28.4 Å². The second-order valence-corrected chi connectivity index (χ2v) is 10.2. The molecule has 0 saturated heterocycles. The first kappa shape index (κ1) is 16.7. The fourth-order valence-electron chi connectivity index (χ4n) is 2.71. The Morgan fingerprint density at radius 1 is 1.05 bits per heavy atom. The Morgan fingerprint density at radius 3 is 2.00 bits per heavy atom. The van der Waals surface area contributed by atoms with E-state index in [2.05, 4.69) is 34.6 Å². The Kier molecular flexibility index (Phi) is 5.62. The zero-order valence-corrected chi connectivity index (χ0v) is 14.8. The molecule has 1 aliphatic rings. The molecule has 0 aromatic carbocycles. The van der Waals surface area contributed by atoms with Gasteiger partial charge in [0.05, 0.1) is 18.6 Å². The average Bonchev–Trinajstić information content (AvgIpc) is 2.35. The van der Waals surface area contributed by atoms with Crippen molar-refractivity contribution >= 4 is 15.7 Å². The van der Waals surface area contributed by atoms with Crippen molar-refractivity contribution < 1.29 is 14.0 Å². The van der Waals surface area contributed by atoms with Crippen LogP contribution < -0.4 is 0 Å². The van der Waals surface area contributed by atoms with Gasteiger partial charge in [0, 0.05) is 0 Å². The molecular weight excluding hydrogens is 256 g/mol. The SMILES string of the molecule is COC(=O)C1CCC(C(C)(C)O[SiH2]C(C)(C)C)CC1. The van der Waals surface area contributed by atoms with Gasteiger partial charge >= 0.3 is 5.97 Å². The number of methoxy groups -OCH3 is 1. The summed E-state index contributed by atoms with van der Waals surface area (Å²) in [5, 5.41) is 0.334. The summed E-state index contributed by atoms with van der Waals surface area (Å²) in [7, 11) is 0.958. The zero-order valence-electron chi connectivity index (χ0n) is 13.4. The van der Waals surface area contributed by atoms with Crippen molar-refractivity contribution in [1.82, 2.24) is 0 Å². The van der Waals surface area contributed by atoms with Gasteiger partial charge in [0.15, 0.2) is 9.76 Å². The van der Waals surface area contributed by atoms with Crippen LogP contribution in [0.25, 0.3) is 0 Å². The first-order chi connectivity index (χ1) is 8.65. The lowest BCUT2D eigenvalue weighted by atomic mass is 9.75. The largest absolute Gasteiger partial charge is 0.469 e. The molecule has 0 aromatic heterocycles. The van der Waals surface area contributed by atoms with Crippen molar-refractivity contribution in [1.29, 1.82) is 0 Å². The lowest BCUT2D eigenvalue weighted by Gasteiger charge is -2.40. The molecule has 0 bridgehead atoms. The molecule has 0 unspecified atom stereocenters. The highest BCUT2D eigenvalue weighted by Gasteiger charge is 2.36. The third kappa shape index (κ3) is 5.26. The first-order valence-corrected chi connectivity index (χ1v) is 8.66. The van der Waals surface area contributed by atoms with Crippen LogP contribution >= 0.6 is 0 Å². The molecule has 3 nitrogen and oxygen atoms in total. The van der Waals surface area contributed by atoms with Gasteiger partial charge < -0.3 is 9.16 Å². The third-order valence-electron chi connectivity index (χ3n) is 4.12. The van der Waals surface area contributed by atoms with Crippen LogP contribution in [0.1, 0.15) is 60.3 Å². The second kappa shape index (κ2) is 6.40. The smallest absolute Gasteiger partial charge is 0.308 e. The van der Waals surface area contributed by atoms with E-state index in [0.29, 0.717) is 11.0 Å². The number of hydrogen-bond donors (Lipinski definition) is 0. The molecule has 0 spiro atoms. The van der Waals surface area contributed by atoms with Crippen LogP contribution in [0.3, 0.4) is 0 Å². The van der Waals surface area contributed by atoms with E-state index in [-0.39, 0.29) is 17.5 Å². The molecule has 112 valence electrons. The maximum atomic E-state index is 11.5. The number of rotatable bonds is 4. The van der Waals surface area contributed by atoms with Crippen LogP contribution in [0.2, 0.25) is 5.04 Å². The van der Waals surface area contributed by atoms with Crippen LogP contribution in [0.15, 0.2) is 0 Å². The second-order valence-electron chi connectivity index (χ2n) is 7.52. The highest BCUT2D eigenvalue weighted by molar-refractivity contribution is 6.31. The predicted octanol–water partition coefficient (Wildman–Crippen LogP) is 3.06. The van der Waals surface area contributed by atoms with Crippen molar-refractivity contribution in [3.63, 3.8) is 0 Å². The standard InChI is InChI=1S/C15H30O3Si/c1-14(2,3)19-18-15(4,5)12-9-7-11(8-10-12)13(16)17-6/h11-12H,7-10,19H2,1-6H3. The summed E-state index contributed by atoms with van der Waals surface area (Å²) in [6, 6.07) is 0. The Balaban J connectivity index is 2.47. The summed E-state index contributed by atoms with van der Waals surface area (Å²) >= 11 is 0. The Bertz CT molecular complexity index is 299. The van der Waals surface area contributed by atoms with Crippen molar-refractivity contribution in [3.8, 4) is 0 Å². The van der Waals surface area contributed by atoms with E-state index in [1.165, 1.54) is 7.11 Å². The molecule has 0 N–H and O–H groups in total. The highest BCUT2D eigenvalue weighted by Crippen LogP contribution is 2.38. The first-order valence-electron chi connectivity index (χ1n) is 7.37. The molecule has 0 aromatic rings. The summed E-state index contributed by atoms with van der Waals surface area (Å²) in [4.78, 5) is 11.5. The van der Waals surface area contributed by atoms with Crippen molar-refractivity contribution in [2.24, 2.45) is 11.8 Å². The monoisotopic (exact) mass is 286 g/mol. The normalized spacial score (nSPS) is 25.8. The fourth-order valence-corrected chi connectivity index (χ4v) is 3.75. The summed E-state index contributed by atoms with van der Waals surface area (Å²) in [6.45, 7) is 11.2. The van der Waals surface area contributed by atoms with E-state index in [4.69, 9.17) is 9.16 Å². The number of ether oxygens (including phenoxy) is 1. The molecule has 0 heterocycles. The average molecular weight is 286 g/mol. The van der Waals surface area contributed by atoms with Crippen molar-refractivity contribution in [3.05, 3.63) is 0 Å². The van der Waals surface area contributed by atoms with Gasteiger partial charge in [-0.25, -0.2) is 0 Å². The zero-order chi connectivity index (χ0) is 14.7. The molecule has 1 fully saturated rings. The van der Waals surface area contributed by atoms with E-state index in [9.17, 15) is 4.79 Å². The molecule has 0 amide bonds. The van der Waals surface area contributed by atoms with Crippen LogP contribution in [0, 0.1) is 11.8 Å². The maximum Gasteiger partial charge on any atom is 0.308 e. The molecule has 19 heavy (non-hydrogen) atoms. The van der Waals surface area contributed by atoms with Gasteiger partial charge in [-0.3, -0.25) is 4.79 Å². The highest BCUT2D eigenvalue weighted by atomic mass is 28.2. The minimum Gasteiger partial charge on any atom is -0.469 e. The molecule has 1 aliphatic carbocycles. The quantitative estimate of drug-likeness (QED) is 0.588. The summed E-state index contributed by atoms with van der Waals surface area (Å²) < 4.78 is 11.1. The lowest BCUT2D eigenvalue weighted by Crippen LogP contribution is -2.40. The Labute approximate surface area is 120 Å². The van der Waals surface area contributed by atoms with E-state index in [1.54, 1.807) is 0 Å². The van der Waals surface area contributed by atoms with Gasteiger partial charge in [0.2, 0.25) is 0 Å². The van der Waals surface area contributed by atoms with E-state index < -0.39 is 9.76 Å². The molecule has 1 saturated carbocycles. The van der Waals surface area contributed by atoms with Gasteiger partial charge in [-0.05, 0) is 50.5 Å². The van der Waals surface area contributed by atoms with Crippen LogP contribution in [-0.2, 0) is 14.0 Å². The molecule has 0 atom stereocenters. The van der Waals surface area contributed by atoms with Crippen LogP contribution in [0.5, 0.6) is 0 Å². The van der Waals surface area contributed by atoms with Gasteiger partial charge in [0.1, 0.15) is 0 Å². The van der Waals surface area contributed by atoms with Gasteiger partial charge in [-0.1, -0.05) is 20.8 Å². The van der Waals surface area contributed by atoms with Crippen molar-refractivity contribution in [2.75, 3.05) is 7.11 Å². The van der Waals surface area contributed by atoms with E-state index >= 15 is 0 Å². The van der Waals surface area contributed by atoms with Crippen LogP contribution in [0.4, 0.5) is 0 Å². The molecule has 1 rings (SSSR count). The number of hydrogen-bond acceptors (Lipinski definition) is 3. The van der Waals surface area contributed by atoms with E-state index in [0.717, 1.165) is 25.7 Å². The topological polar surface area (TPSA) is 35.5 Å². The Hall–Kier alpha value is -0.353. The minimum absolute atomic E-state index is 0.0405. The summed E-state index contributed by atoms with van der Waals surface area (Å²) in [6.07, 6.45) is 4.04.